The first-order valence-electron chi connectivity index (χ1n) is 8.87. The van der Waals surface area contributed by atoms with Crippen LogP contribution in [0.25, 0.3) is 0 Å². The quantitative estimate of drug-likeness (QED) is 0.388. The van der Waals surface area contributed by atoms with Crippen molar-refractivity contribution in [3.63, 3.8) is 0 Å². The maximum atomic E-state index is 12.3. The molecule has 0 aromatic rings. The summed E-state index contributed by atoms with van der Waals surface area (Å²) in [5.41, 5.74) is -1.82. The third-order valence-corrected chi connectivity index (χ3v) is 3.95. The van der Waals surface area contributed by atoms with E-state index in [0.29, 0.717) is 10.9 Å². The van der Waals surface area contributed by atoms with Crippen LogP contribution in [0.5, 0.6) is 0 Å². The molecule has 0 bridgehead atoms. The van der Waals surface area contributed by atoms with Crippen LogP contribution in [-0.4, -0.2) is 54.6 Å². The largest absolute Gasteiger partial charge is 0.550 e. The van der Waals surface area contributed by atoms with Gasteiger partial charge in [0, 0.05) is 18.8 Å². The van der Waals surface area contributed by atoms with Crippen molar-refractivity contribution in [1.82, 2.24) is 0 Å². The Morgan fingerprint density at radius 3 is 1.87 bits per heavy atom. The number of rotatable bonds is 14. The lowest BCUT2D eigenvalue weighted by molar-refractivity contribution is -0.875. The van der Waals surface area contributed by atoms with Gasteiger partial charge in [0.05, 0.1) is 21.1 Å². The van der Waals surface area contributed by atoms with Gasteiger partial charge in [0.2, 0.25) is 0 Å². The molecule has 136 valence electrons. The Hall–Kier alpha value is -0.940. The molecule has 5 heteroatoms. The highest BCUT2D eigenvalue weighted by molar-refractivity contribution is 5.90. The molecular formula is C18H35NO4. The van der Waals surface area contributed by atoms with Crippen molar-refractivity contribution < 1.29 is 24.3 Å². The maximum absolute atomic E-state index is 12.3. The molecule has 5 nitrogen and oxygen atoms in total. The van der Waals surface area contributed by atoms with Crippen molar-refractivity contribution in [3.05, 3.63) is 0 Å². The van der Waals surface area contributed by atoms with E-state index in [2.05, 4.69) is 6.92 Å². The molecule has 0 fully saturated rings. The summed E-state index contributed by atoms with van der Waals surface area (Å²) in [6.07, 6.45) is 8.54. The lowest BCUT2D eigenvalue weighted by Crippen LogP contribution is -2.56. The number of nitrogens with zero attached hydrogens (tertiary/aromatic N) is 1. The summed E-state index contributed by atoms with van der Waals surface area (Å²) in [5.74, 6) is -1.76. The van der Waals surface area contributed by atoms with Gasteiger partial charge in [-0.1, -0.05) is 51.9 Å². The molecule has 0 heterocycles. The SMILES string of the molecule is CCCCCCCCCCC(=O)[C@@](O)(CC(=O)[O-])C[N+](C)(C)C. The number of carbonyl (C=O) groups is 2. The van der Waals surface area contributed by atoms with Crippen LogP contribution in [0, 0.1) is 0 Å². The minimum absolute atomic E-state index is 0.0802. The number of aliphatic carboxylic acids is 1. The van der Waals surface area contributed by atoms with Crippen LogP contribution in [0.4, 0.5) is 0 Å². The fourth-order valence-electron chi connectivity index (χ4n) is 2.92. The minimum atomic E-state index is -1.82. The van der Waals surface area contributed by atoms with Crippen molar-refractivity contribution in [2.75, 3.05) is 27.7 Å². The van der Waals surface area contributed by atoms with Crippen molar-refractivity contribution >= 4 is 11.8 Å². The number of Topliss-reactive ketones (excluding diaryl/α,β-unsaturated/α-hetero) is 1. The molecule has 0 aromatic carbocycles. The van der Waals surface area contributed by atoms with Crippen molar-refractivity contribution in [3.8, 4) is 0 Å². The van der Waals surface area contributed by atoms with Gasteiger partial charge in [-0.15, -0.1) is 0 Å². The van der Waals surface area contributed by atoms with Gasteiger partial charge >= 0.3 is 0 Å². The highest BCUT2D eigenvalue weighted by atomic mass is 16.4. The summed E-state index contributed by atoms with van der Waals surface area (Å²) >= 11 is 0. The Balaban J connectivity index is 4.22. The molecule has 23 heavy (non-hydrogen) atoms. The Morgan fingerprint density at radius 2 is 1.43 bits per heavy atom. The number of aliphatic hydroxyl groups is 1. The first-order chi connectivity index (χ1) is 10.6. The number of carboxylic acid groups (broad SMARTS) is 1. The van der Waals surface area contributed by atoms with Gasteiger partial charge in [-0.25, -0.2) is 0 Å². The summed E-state index contributed by atoms with van der Waals surface area (Å²) in [5, 5.41) is 21.4. The van der Waals surface area contributed by atoms with Gasteiger partial charge < -0.3 is 19.5 Å². The molecule has 0 saturated heterocycles. The molecule has 1 atom stereocenters. The Morgan fingerprint density at radius 1 is 0.957 bits per heavy atom. The van der Waals surface area contributed by atoms with E-state index >= 15 is 0 Å². The molecule has 0 rings (SSSR count). The normalized spacial score (nSPS) is 14.5. The number of likely N-dealkylation sites (N-methyl/N-ethyl adjacent to an activating group) is 1. The van der Waals surface area contributed by atoms with Crippen LogP contribution in [0.1, 0.15) is 71.1 Å². The Kier molecular flexibility index (Phi) is 10.3. The predicted molar refractivity (Wildman–Crippen MR) is 89.7 cm³/mol. The summed E-state index contributed by atoms with van der Waals surface area (Å²) in [6.45, 7) is 2.27. The Bertz CT molecular complexity index is 363. The maximum Gasteiger partial charge on any atom is 0.177 e. The lowest BCUT2D eigenvalue weighted by atomic mass is 9.89. The van der Waals surface area contributed by atoms with Crippen LogP contribution in [-0.2, 0) is 9.59 Å². The summed E-state index contributed by atoms with van der Waals surface area (Å²) < 4.78 is 0.326. The number of ketones is 1. The van der Waals surface area contributed by atoms with Gasteiger partial charge in [-0.3, -0.25) is 4.79 Å². The van der Waals surface area contributed by atoms with Gasteiger partial charge in [0.25, 0.3) is 0 Å². The predicted octanol–water partition coefficient (Wildman–Crippen LogP) is 1.66. The molecular weight excluding hydrogens is 294 g/mol. The van der Waals surface area contributed by atoms with Crippen molar-refractivity contribution in [2.45, 2.75) is 76.7 Å². The van der Waals surface area contributed by atoms with Crippen LogP contribution in [0.2, 0.25) is 0 Å². The van der Waals surface area contributed by atoms with Crippen molar-refractivity contribution in [2.24, 2.45) is 0 Å². The molecule has 0 saturated carbocycles. The zero-order chi connectivity index (χ0) is 17.9. The van der Waals surface area contributed by atoms with Gasteiger partial charge in [-0.05, 0) is 6.42 Å². The second-order valence-corrected chi connectivity index (χ2v) is 7.68. The van der Waals surface area contributed by atoms with E-state index in [1.165, 1.54) is 32.1 Å². The number of carbonyl (C=O) groups excluding carboxylic acids is 2. The Labute approximate surface area is 141 Å². The second kappa shape index (κ2) is 10.8. The molecule has 0 aliphatic heterocycles. The summed E-state index contributed by atoms with van der Waals surface area (Å²) in [7, 11) is 5.47. The molecule has 0 aromatic heterocycles. The van der Waals surface area contributed by atoms with Crippen LogP contribution in [0.15, 0.2) is 0 Å². The van der Waals surface area contributed by atoms with Crippen molar-refractivity contribution in [1.29, 1.82) is 0 Å². The number of carboxylic acids is 1. The van der Waals surface area contributed by atoms with E-state index in [1.54, 1.807) is 0 Å². The fraction of sp³-hybridized carbons (Fsp3) is 0.889. The first kappa shape index (κ1) is 22.1. The zero-order valence-corrected chi connectivity index (χ0v) is 15.4. The van der Waals surface area contributed by atoms with E-state index in [1.807, 2.05) is 21.1 Å². The van der Waals surface area contributed by atoms with Gasteiger partial charge in [0.1, 0.15) is 6.54 Å². The lowest BCUT2D eigenvalue weighted by Gasteiger charge is -2.34. The molecule has 0 aliphatic carbocycles. The molecule has 1 N–H and O–H groups in total. The van der Waals surface area contributed by atoms with E-state index < -0.39 is 18.0 Å². The molecule has 0 aliphatic rings. The molecule has 0 radical (unpaired) electrons. The number of hydrogen-bond donors (Lipinski definition) is 1. The molecule has 0 amide bonds. The number of hydrogen-bond acceptors (Lipinski definition) is 4. The molecule has 0 unspecified atom stereocenters. The number of quaternary nitrogens is 1. The van der Waals surface area contributed by atoms with E-state index in [9.17, 15) is 19.8 Å². The third-order valence-electron chi connectivity index (χ3n) is 3.95. The first-order valence-corrected chi connectivity index (χ1v) is 8.87. The smallest absolute Gasteiger partial charge is 0.177 e. The van der Waals surface area contributed by atoms with E-state index in [4.69, 9.17) is 0 Å². The summed E-state index contributed by atoms with van der Waals surface area (Å²) in [4.78, 5) is 23.2. The van der Waals surface area contributed by atoms with Gasteiger partial charge in [0.15, 0.2) is 11.4 Å². The second-order valence-electron chi connectivity index (χ2n) is 7.68. The standard InChI is InChI=1S/C18H35NO4/c1-5-6-7-8-9-10-11-12-13-16(20)18(23,14-17(21)22)15-19(2,3)4/h23H,5-15H2,1-4H3/t18-/m1/s1. The fourth-order valence-corrected chi connectivity index (χ4v) is 2.92. The van der Waals surface area contributed by atoms with Gasteiger partial charge in [-0.2, -0.15) is 0 Å². The van der Waals surface area contributed by atoms with Crippen LogP contribution in [0.3, 0.4) is 0 Å². The average molecular weight is 329 g/mol. The highest BCUT2D eigenvalue weighted by Crippen LogP contribution is 2.19. The van der Waals surface area contributed by atoms with E-state index in [0.717, 1.165) is 12.8 Å². The average Bonchev–Trinajstić information content (AvgIpc) is 2.38. The highest BCUT2D eigenvalue weighted by Gasteiger charge is 2.40. The topological polar surface area (TPSA) is 77.4 Å². The molecule has 0 spiro atoms. The van der Waals surface area contributed by atoms with Crippen LogP contribution >= 0.6 is 0 Å². The van der Waals surface area contributed by atoms with Crippen LogP contribution < -0.4 is 5.11 Å². The minimum Gasteiger partial charge on any atom is -0.550 e. The zero-order valence-electron chi connectivity index (χ0n) is 15.4. The summed E-state index contributed by atoms with van der Waals surface area (Å²) in [6, 6.07) is 0. The van der Waals surface area contributed by atoms with E-state index in [-0.39, 0.29) is 18.7 Å². The monoisotopic (exact) mass is 329 g/mol. The third kappa shape index (κ3) is 11.3. The number of unbranched alkanes of at least 4 members (excludes halogenated alkanes) is 7.